The predicted molar refractivity (Wildman–Crippen MR) is 39.2 cm³/mol. The molecule has 0 saturated heterocycles. The van der Waals surface area contributed by atoms with Crippen molar-refractivity contribution in [3.05, 3.63) is 0 Å². The molecular weight excluding hydrogens is 166 g/mol. The van der Waals surface area contributed by atoms with Gasteiger partial charge in [0.15, 0.2) is 5.78 Å². The predicted octanol–water partition coefficient (Wildman–Crippen LogP) is -3.41. The van der Waals surface area contributed by atoms with Crippen molar-refractivity contribution in [1.82, 2.24) is 0 Å². The molecule has 0 heterocycles. The van der Waals surface area contributed by atoms with Gasteiger partial charge in [-0.05, 0) is 0 Å². The van der Waals surface area contributed by atoms with Gasteiger partial charge in [-0.3, -0.25) is 4.79 Å². The third-order valence-corrected chi connectivity index (χ3v) is 1.44. The molecule has 0 aliphatic rings. The van der Waals surface area contributed by atoms with Crippen LogP contribution in [0.15, 0.2) is 0 Å². The molecule has 0 rings (SSSR count). The summed E-state index contributed by atoms with van der Waals surface area (Å²) in [5.74, 6) is -0.782. The minimum Gasteiger partial charge on any atom is -0.394 e. The Morgan fingerprint density at radius 3 is 2.17 bits per heavy atom. The summed E-state index contributed by atoms with van der Waals surface area (Å²) in [5.41, 5.74) is 4.89. The minimum absolute atomic E-state index is 0.420. The molecule has 0 saturated carbocycles. The smallest absolute Gasteiger partial charge is 0.177 e. The van der Waals surface area contributed by atoms with Gasteiger partial charge in [0.1, 0.15) is 18.3 Å². The van der Waals surface area contributed by atoms with E-state index in [4.69, 9.17) is 26.2 Å². The van der Waals surface area contributed by atoms with Gasteiger partial charge < -0.3 is 26.2 Å². The van der Waals surface area contributed by atoms with E-state index >= 15 is 0 Å². The molecule has 0 spiro atoms. The molecule has 12 heavy (non-hydrogen) atoms. The first-order chi connectivity index (χ1) is 5.54. The Kier molecular flexibility index (Phi) is 4.95. The molecule has 0 amide bonds. The van der Waals surface area contributed by atoms with E-state index in [2.05, 4.69) is 0 Å². The standard InChI is InChI=1S/C6H13NO5/c7-1-3(9)5(11)6(12)4(10)2-8/h4-6,8,10-12H,1-2,7H2/t4-,5+,6-/m1/s1. The van der Waals surface area contributed by atoms with E-state index in [0.29, 0.717) is 0 Å². The molecule has 0 fully saturated rings. The van der Waals surface area contributed by atoms with Crippen molar-refractivity contribution in [2.24, 2.45) is 5.73 Å². The number of aliphatic hydroxyl groups excluding tert-OH is 4. The summed E-state index contributed by atoms with van der Waals surface area (Å²) in [5, 5.41) is 35.0. The number of hydrogen-bond donors (Lipinski definition) is 5. The first-order valence-electron chi connectivity index (χ1n) is 3.42. The zero-order valence-corrected chi connectivity index (χ0v) is 6.42. The fourth-order valence-corrected chi connectivity index (χ4v) is 0.630. The molecule has 0 bridgehead atoms. The van der Waals surface area contributed by atoms with Gasteiger partial charge in [0, 0.05) is 0 Å². The van der Waals surface area contributed by atoms with Gasteiger partial charge in [-0.2, -0.15) is 0 Å². The number of Topliss-reactive ketones (excluding diaryl/α,β-unsaturated/α-hetero) is 1. The van der Waals surface area contributed by atoms with Crippen molar-refractivity contribution in [2.45, 2.75) is 18.3 Å². The average molecular weight is 179 g/mol. The third-order valence-electron chi connectivity index (χ3n) is 1.44. The second-order valence-electron chi connectivity index (χ2n) is 2.36. The Labute approximate surface area is 69.2 Å². The number of carbonyl (C=O) groups is 1. The normalized spacial score (nSPS) is 18.4. The largest absolute Gasteiger partial charge is 0.394 e. The van der Waals surface area contributed by atoms with E-state index in [0.717, 1.165) is 0 Å². The number of rotatable bonds is 5. The SMILES string of the molecule is NCC(=O)[C@H](O)[C@H](O)[C@H](O)CO. The Bertz CT molecular complexity index is 151. The summed E-state index contributed by atoms with van der Waals surface area (Å²) in [6, 6.07) is 0. The van der Waals surface area contributed by atoms with Gasteiger partial charge in [-0.15, -0.1) is 0 Å². The van der Waals surface area contributed by atoms with E-state index in [-0.39, 0.29) is 0 Å². The van der Waals surface area contributed by atoms with Crippen LogP contribution < -0.4 is 5.73 Å². The lowest BCUT2D eigenvalue weighted by molar-refractivity contribution is -0.138. The highest BCUT2D eigenvalue weighted by molar-refractivity contribution is 5.85. The van der Waals surface area contributed by atoms with Crippen molar-refractivity contribution in [3.63, 3.8) is 0 Å². The first-order valence-corrected chi connectivity index (χ1v) is 3.42. The number of aliphatic hydroxyl groups is 4. The van der Waals surface area contributed by atoms with E-state index in [1.54, 1.807) is 0 Å². The van der Waals surface area contributed by atoms with E-state index in [1.807, 2.05) is 0 Å². The lowest BCUT2D eigenvalue weighted by atomic mass is 10.1. The maximum atomic E-state index is 10.6. The Morgan fingerprint density at radius 2 is 1.83 bits per heavy atom. The molecular formula is C6H13NO5. The fourth-order valence-electron chi connectivity index (χ4n) is 0.630. The zero-order chi connectivity index (χ0) is 9.72. The summed E-state index contributed by atoms with van der Waals surface area (Å²) in [6.45, 7) is -1.15. The number of carbonyl (C=O) groups excluding carboxylic acids is 1. The molecule has 3 atom stereocenters. The van der Waals surface area contributed by atoms with Gasteiger partial charge in [0.05, 0.1) is 13.2 Å². The van der Waals surface area contributed by atoms with Gasteiger partial charge >= 0.3 is 0 Å². The topological polar surface area (TPSA) is 124 Å². The second kappa shape index (κ2) is 5.18. The molecule has 0 aromatic heterocycles. The van der Waals surface area contributed by atoms with Crippen LogP contribution >= 0.6 is 0 Å². The molecule has 0 unspecified atom stereocenters. The Balaban J connectivity index is 4.08. The zero-order valence-electron chi connectivity index (χ0n) is 6.42. The Hall–Kier alpha value is -0.530. The molecule has 0 aliphatic heterocycles. The van der Waals surface area contributed by atoms with Crippen molar-refractivity contribution in [1.29, 1.82) is 0 Å². The van der Waals surface area contributed by atoms with Gasteiger partial charge in [0.2, 0.25) is 0 Å². The van der Waals surface area contributed by atoms with Crippen LogP contribution in [0, 0.1) is 0 Å². The number of nitrogens with two attached hydrogens (primary N) is 1. The molecule has 0 aromatic rings. The molecule has 72 valence electrons. The van der Waals surface area contributed by atoms with Crippen LogP contribution in [-0.2, 0) is 4.79 Å². The molecule has 0 radical (unpaired) electrons. The lowest BCUT2D eigenvalue weighted by Gasteiger charge is -2.19. The van der Waals surface area contributed by atoms with Crippen molar-refractivity contribution < 1.29 is 25.2 Å². The Morgan fingerprint density at radius 1 is 1.33 bits per heavy atom. The van der Waals surface area contributed by atoms with Gasteiger partial charge in [-0.25, -0.2) is 0 Å². The molecule has 0 aliphatic carbocycles. The summed E-state index contributed by atoms with van der Waals surface area (Å²) >= 11 is 0. The van der Waals surface area contributed by atoms with Crippen LogP contribution in [0.1, 0.15) is 0 Å². The van der Waals surface area contributed by atoms with Crippen LogP contribution in [0.5, 0.6) is 0 Å². The van der Waals surface area contributed by atoms with Crippen LogP contribution in [0.25, 0.3) is 0 Å². The summed E-state index contributed by atoms with van der Waals surface area (Å²) in [4.78, 5) is 10.6. The van der Waals surface area contributed by atoms with Gasteiger partial charge in [-0.1, -0.05) is 0 Å². The highest BCUT2D eigenvalue weighted by Crippen LogP contribution is 2.00. The van der Waals surface area contributed by atoms with Crippen molar-refractivity contribution in [3.8, 4) is 0 Å². The molecule has 6 nitrogen and oxygen atoms in total. The van der Waals surface area contributed by atoms with E-state index in [1.165, 1.54) is 0 Å². The average Bonchev–Trinajstić information content (AvgIpc) is 2.12. The highest BCUT2D eigenvalue weighted by atomic mass is 16.4. The second-order valence-corrected chi connectivity index (χ2v) is 2.36. The lowest BCUT2D eigenvalue weighted by Crippen LogP contribution is -2.45. The molecule has 6 N–H and O–H groups in total. The van der Waals surface area contributed by atoms with Crippen LogP contribution in [0.4, 0.5) is 0 Å². The maximum Gasteiger partial charge on any atom is 0.177 e. The van der Waals surface area contributed by atoms with Gasteiger partial charge in [0.25, 0.3) is 0 Å². The number of hydrogen-bond acceptors (Lipinski definition) is 6. The highest BCUT2D eigenvalue weighted by Gasteiger charge is 2.28. The van der Waals surface area contributed by atoms with E-state index < -0.39 is 37.2 Å². The van der Waals surface area contributed by atoms with E-state index in [9.17, 15) is 4.79 Å². The molecule has 0 aromatic carbocycles. The first kappa shape index (κ1) is 11.5. The molecule has 6 heteroatoms. The van der Waals surface area contributed by atoms with Crippen LogP contribution in [0.3, 0.4) is 0 Å². The number of ketones is 1. The maximum absolute atomic E-state index is 10.6. The monoisotopic (exact) mass is 179 g/mol. The fraction of sp³-hybridized carbons (Fsp3) is 0.833. The van der Waals surface area contributed by atoms with Crippen molar-refractivity contribution in [2.75, 3.05) is 13.2 Å². The van der Waals surface area contributed by atoms with Crippen LogP contribution in [0.2, 0.25) is 0 Å². The minimum atomic E-state index is -1.74. The quantitative estimate of drug-likeness (QED) is 0.299. The summed E-state index contributed by atoms with van der Waals surface area (Å²) in [6.07, 6.45) is -4.96. The summed E-state index contributed by atoms with van der Waals surface area (Å²) in [7, 11) is 0. The van der Waals surface area contributed by atoms with Crippen LogP contribution in [-0.4, -0.2) is 57.7 Å². The van der Waals surface area contributed by atoms with Crippen molar-refractivity contribution >= 4 is 5.78 Å². The summed E-state index contributed by atoms with van der Waals surface area (Å²) < 4.78 is 0. The third kappa shape index (κ3) is 2.84.